The molecule has 3 nitrogen and oxygen atoms in total. The monoisotopic (exact) mass is 237 g/mol. The summed E-state index contributed by atoms with van der Waals surface area (Å²) in [4.78, 5) is 2.46. The molecule has 1 rings (SSSR count). The van der Waals surface area contributed by atoms with Crippen LogP contribution >= 0.6 is 0 Å². The first-order chi connectivity index (χ1) is 8.03. The lowest BCUT2D eigenvalue weighted by Gasteiger charge is -2.31. The van der Waals surface area contributed by atoms with Crippen LogP contribution in [-0.4, -0.2) is 36.6 Å². The van der Waals surface area contributed by atoms with Gasteiger partial charge in [-0.1, -0.05) is 20.8 Å². The second-order valence-corrected chi connectivity index (χ2v) is 5.64. The summed E-state index contributed by atoms with van der Waals surface area (Å²) in [5.74, 6) is 0. The molecule has 0 aromatic rings. The van der Waals surface area contributed by atoms with E-state index in [2.05, 4.69) is 37.1 Å². The number of hydrogen-bond acceptors (Lipinski definition) is 3. The van der Waals surface area contributed by atoms with Gasteiger partial charge in [-0.2, -0.15) is 5.26 Å². The number of nitriles is 1. The van der Waals surface area contributed by atoms with Crippen molar-refractivity contribution < 1.29 is 0 Å². The van der Waals surface area contributed by atoms with E-state index in [9.17, 15) is 5.26 Å². The Bertz CT molecular complexity index is 278. The second-order valence-electron chi connectivity index (χ2n) is 5.64. The number of rotatable bonds is 6. The Hall–Kier alpha value is -0.590. The number of nitrogens with one attached hydrogen (secondary N) is 1. The standard InChI is InChI=1S/C14H27N3/c1-5-14(6-2)8-9-17(12-14)11-13(4,10-15)16-7-3/h16H,5-9,11-12H2,1-4H3. The van der Waals surface area contributed by atoms with Crippen molar-refractivity contribution in [3.8, 4) is 6.07 Å². The molecule has 98 valence electrons. The van der Waals surface area contributed by atoms with Crippen molar-refractivity contribution >= 4 is 0 Å². The SMILES string of the molecule is CCNC(C)(C#N)CN1CCC(CC)(CC)C1. The maximum atomic E-state index is 9.28. The molecule has 1 saturated heterocycles. The van der Waals surface area contributed by atoms with Crippen molar-refractivity contribution in [2.45, 2.75) is 52.5 Å². The average molecular weight is 237 g/mol. The molecule has 1 fully saturated rings. The lowest BCUT2D eigenvalue weighted by Crippen LogP contribution is -2.50. The van der Waals surface area contributed by atoms with Crippen LogP contribution in [0.1, 0.15) is 47.0 Å². The van der Waals surface area contributed by atoms with Crippen LogP contribution in [0.2, 0.25) is 0 Å². The Kier molecular flexibility index (Phi) is 4.97. The summed E-state index contributed by atoms with van der Waals surface area (Å²) in [6, 6.07) is 2.42. The summed E-state index contributed by atoms with van der Waals surface area (Å²) in [7, 11) is 0. The van der Waals surface area contributed by atoms with E-state index in [1.54, 1.807) is 0 Å². The van der Waals surface area contributed by atoms with E-state index in [0.29, 0.717) is 5.41 Å². The number of likely N-dealkylation sites (tertiary alicyclic amines) is 1. The van der Waals surface area contributed by atoms with Gasteiger partial charge in [-0.05, 0) is 44.7 Å². The summed E-state index contributed by atoms with van der Waals surface area (Å²) >= 11 is 0. The summed E-state index contributed by atoms with van der Waals surface area (Å²) < 4.78 is 0. The van der Waals surface area contributed by atoms with Crippen molar-refractivity contribution in [2.24, 2.45) is 5.41 Å². The third-order valence-corrected chi connectivity index (χ3v) is 4.37. The molecule has 1 aliphatic rings. The molecule has 0 aromatic heterocycles. The molecule has 0 saturated carbocycles. The Morgan fingerprint density at radius 3 is 2.41 bits per heavy atom. The zero-order valence-corrected chi connectivity index (χ0v) is 11.8. The largest absolute Gasteiger partial charge is 0.300 e. The Morgan fingerprint density at radius 2 is 2.00 bits per heavy atom. The van der Waals surface area contributed by atoms with Crippen LogP contribution in [0.4, 0.5) is 0 Å². The van der Waals surface area contributed by atoms with Gasteiger partial charge in [-0.15, -0.1) is 0 Å². The highest BCUT2D eigenvalue weighted by Gasteiger charge is 2.37. The molecule has 0 radical (unpaired) electrons. The molecular weight excluding hydrogens is 210 g/mol. The maximum absolute atomic E-state index is 9.28. The predicted molar refractivity (Wildman–Crippen MR) is 71.8 cm³/mol. The van der Waals surface area contributed by atoms with E-state index in [-0.39, 0.29) is 0 Å². The maximum Gasteiger partial charge on any atom is 0.116 e. The molecule has 17 heavy (non-hydrogen) atoms. The van der Waals surface area contributed by atoms with Crippen LogP contribution in [0.3, 0.4) is 0 Å². The van der Waals surface area contributed by atoms with Crippen LogP contribution < -0.4 is 5.32 Å². The van der Waals surface area contributed by atoms with Crippen molar-refractivity contribution in [3.63, 3.8) is 0 Å². The summed E-state index contributed by atoms with van der Waals surface area (Å²) in [5, 5.41) is 12.6. The van der Waals surface area contributed by atoms with Crippen LogP contribution in [-0.2, 0) is 0 Å². The molecule has 0 bridgehead atoms. The van der Waals surface area contributed by atoms with E-state index in [4.69, 9.17) is 0 Å². The molecular formula is C14H27N3. The fraction of sp³-hybridized carbons (Fsp3) is 0.929. The fourth-order valence-corrected chi connectivity index (χ4v) is 2.96. The quantitative estimate of drug-likeness (QED) is 0.771. The minimum Gasteiger partial charge on any atom is -0.300 e. The Morgan fingerprint density at radius 1 is 1.35 bits per heavy atom. The van der Waals surface area contributed by atoms with Crippen LogP contribution in [0.25, 0.3) is 0 Å². The smallest absolute Gasteiger partial charge is 0.116 e. The van der Waals surface area contributed by atoms with Crippen molar-refractivity contribution in [1.29, 1.82) is 5.26 Å². The van der Waals surface area contributed by atoms with Gasteiger partial charge in [0.25, 0.3) is 0 Å². The number of hydrogen-bond donors (Lipinski definition) is 1. The molecule has 0 spiro atoms. The normalized spacial score (nSPS) is 23.2. The summed E-state index contributed by atoms with van der Waals surface area (Å²) in [5.41, 5.74) is 0.106. The minimum absolute atomic E-state index is 0.397. The highest BCUT2D eigenvalue weighted by atomic mass is 15.2. The van der Waals surface area contributed by atoms with E-state index in [1.165, 1.54) is 19.3 Å². The van der Waals surface area contributed by atoms with E-state index < -0.39 is 5.54 Å². The first-order valence-electron chi connectivity index (χ1n) is 6.91. The molecule has 0 aliphatic carbocycles. The first-order valence-corrected chi connectivity index (χ1v) is 6.91. The topological polar surface area (TPSA) is 39.1 Å². The summed E-state index contributed by atoms with van der Waals surface area (Å²) in [6.07, 6.45) is 3.79. The van der Waals surface area contributed by atoms with Crippen LogP contribution in [0, 0.1) is 16.7 Å². The van der Waals surface area contributed by atoms with E-state index in [0.717, 1.165) is 26.2 Å². The fourth-order valence-electron chi connectivity index (χ4n) is 2.96. The molecule has 1 aliphatic heterocycles. The summed E-state index contributed by atoms with van der Waals surface area (Å²) in [6.45, 7) is 12.6. The lowest BCUT2D eigenvalue weighted by molar-refractivity contribution is 0.212. The third-order valence-electron chi connectivity index (χ3n) is 4.37. The first kappa shape index (κ1) is 14.5. The third kappa shape index (κ3) is 3.43. The second kappa shape index (κ2) is 5.84. The van der Waals surface area contributed by atoms with Gasteiger partial charge in [-0.25, -0.2) is 0 Å². The van der Waals surface area contributed by atoms with E-state index in [1.807, 2.05) is 6.92 Å². The van der Waals surface area contributed by atoms with Crippen molar-refractivity contribution in [2.75, 3.05) is 26.2 Å². The van der Waals surface area contributed by atoms with E-state index >= 15 is 0 Å². The van der Waals surface area contributed by atoms with Gasteiger partial charge in [0, 0.05) is 13.1 Å². The van der Waals surface area contributed by atoms with Crippen molar-refractivity contribution in [1.82, 2.24) is 10.2 Å². The molecule has 1 unspecified atom stereocenters. The van der Waals surface area contributed by atoms with Gasteiger partial charge in [0.1, 0.15) is 5.54 Å². The van der Waals surface area contributed by atoms with Gasteiger partial charge in [0.2, 0.25) is 0 Å². The molecule has 1 atom stereocenters. The number of likely N-dealkylation sites (N-methyl/N-ethyl adjacent to an activating group) is 1. The molecule has 1 N–H and O–H groups in total. The van der Waals surface area contributed by atoms with Crippen LogP contribution in [0.15, 0.2) is 0 Å². The zero-order valence-electron chi connectivity index (χ0n) is 11.8. The average Bonchev–Trinajstić information content (AvgIpc) is 2.73. The van der Waals surface area contributed by atoms with Crippen molar-refractivity contribution in [3.05, 3.63) is 0 Å². The molecule has 1 heterocycles. The molecule has 0 amide bonds. The zero-order chi connectivity index (χ0) is 12.9. The molecule has 0 aromatic carbocycles. The van der Waals surface area contributed by atoms with Gasteiger partial charge >= 0.3 is 0 Å². The highest BCUT2D eigenvalue weighted by molar-refractivity contribution is 5.06. The Labute approximate surface area is 106 Å². The van der Waals surface area contributed by atoms with Gasteiger partial charge in [-0.3, -0.25) is 10.2 Å². The van der Waals surface area contributed by atoms with Gasteiger partial charge < -0.3 is 0 Å². The van der Waals surface area contributed by atoms with Gasteiger partial charge in [0.15, 0.2) is 0 Å². The van der Waals surface area contributed by atoms with Gasteiger partial charge in [0.05, 0.1) is 6.07 Å². The predicted octanol–water partition coefficient (Wildman–Crippen LogP) is 2.39. The number of nitrogens with zero attached hydrogens (tertiary/aromatic N) is 2. The molecule has 3 heteroatoms. The lowest BCUT2D eigenvalue weighted by atomic mass is 9.82. The Balaban J connectivity index is 2.58. The minimum atomic E-state index is -0.397. The van der Waals surface area contributed by atoms with Crippen LogP contribution in [0.5, 0.6) is 0 Å². The highest BCUT2D eigenvalue weighted by Crippen LogP contribution is 2.37.